The second-order valence-electron chi connectivity index (χ2n) is 3.46. The molecule has 0 saturated heterocycles. The largest absolute Gasteiger partial charge is 0.378 e. The van der Waals surface area contributed by atoms with Crippen LogP contribution in [0.4, 0.5) is 11.5 Å². The molecular formula is C11H13N3O3S. The molecule has 0 aliphatic carbocycles. The van der Waals surface area contributed by atoms with Gasteiger partial charge in [0.15, 0.2) is 5.12 Å². The predicted molar refractivity (Wildman–Crippen MR) is 72.1 cm³/mol. The van der Waals surface area contributed by atoms with Crippen molar-refractivity contribution in [3.05, 3.63) is 34.0 Å². The van der Waals surface area contributed by atoms with Gasteiger partial charge >= 0.3 is 5.69 Å². The second-order valence-corrected chi connectivity index (χ2v) is 4.73. The Morgan fingerprint density at radius 1 is 1.67 bits per heavy atom. The molecule has 0 bridgehead atoms. The number of nitrogen functional groups attached to an aromatic ring is 1. The monoisotopic (exact) mass is 267 g/mol. The molecule has 7 heteroatoms. The Hall–Kier alpha value is -1.89. The highest BCUT2D eigenvalue weighted by Crippen LogP contribution is 2.20. The third-order valence-corrected chi connectivity index (χ3v) is 2.86. The summed E-state index contributed by atoms with van der Waals surface area (Å²) in [6.07, 6.45) is 5.74. The van der Waals surface area contributed by atoms with Crippen molar-refractivity contribution in [1.82, 2.24) is 4.98 Å². The molecule has 0 aliphatic rings. The van der Waals surface area contributed by atoms with Crippen LogP contribution in [0.15, 0.2) is 18.3 Å². The lowest BCUT2D eigenvalue weighted by molar-refractivity contribution is -0.384. The third kappa shape index (κ3) is 4.54. The number of allylic oxidation sites excluding steroid dienone is 1. The zero-order valence-corrected chi connectivity index (χ0v) is 10.6. The molecule has 0 fully saturated rings. The van der Waals surface area contributed by atoms with E-state index in [-0.39, 0.29) is 16.6 Å². The van der Waals surface area contributed by atoms with E-state index in [1.807, 2.05) is 6.08 Å². The van der Waals surface area contributed by atoms with Crippen LogP contribution in [0.25, 0.3) is 6.08 Å². The van der Waals surface area contributed by atoms with Crippen LogP contribution in [0, 0.1) is 10.1 Å². The van der Waals surface area contributed by atoms with Crippen LogP contribution < -0.4 is 5.73 Å². The van der Waals surface area contributed by atoms with Crippen LogP contribution in [0.1, 0.15) is 18.9 Å². The summed E-state index contributed by atoms with van der Waals surface area (Å²) in [7, 11) is 0. The molecule has 18 heavy (non-hydrogen) atoms. The first-order chi connectivity index (χ1) is 8.50. The Morgan fingerprint density at radius 3 is 3.00 bits per heavy atom. The average molecular weight is 267 g/mol. The minimum atomic E-state index is -0.564. The Morgan fingerprint density at radius 2 is 2.39 bits per heavy atom. The Kier molecular flexibility index (Phi) is 5.31. The van der Waals surface area contributed by atoms with Gasteiger partial charge in [0.05, 0.1) is 4.92 Å². The fraction of sp³-hybridized carbons (Fsp3) is 0.273. The highest BCUT2D eigenvalue weighted by molar-refractivity contribution is 8.13. The van der Waals surface area contributed by atoms with Gasteiger partial charge in [-0.25, -0.2) is 4.98 Å². The molecule has 1 aromatic heterocycles. The van der Waals surface area contributed by atoms with Gasteiger partial charge < -0.3 is 5.73 Å². The molecule has 96 valence electrons. The first-order valence-corrected chi connectivity index (χ1v) is 6.19. The number of nitrogens with two attached hydrogens (primary N) is 1. The van der Waals surface area contributed by atoms with E-state index in [4.69, 9.17) is 5.73 Å². The Balaban J connectivity index is 2.62. The number of hydrogen-bond donors (Lipinski definition) is 1. The van der Waals surface area contributed by atoms with Gasteiger partial charge in [-0.3, -0.25) is 14.9 Å². The van der Waals surface area contributed by atoms with Crippen molar-refractivity contribution in [1.29, 1.82) is 0 Å². The van der Waals surface area contributed by atoms with E-state index in [0.29, 0.717) is 17.7 Å². The second kappa shape index (κ2) is 6.75. The zero-order valence-electron chi connectivity index (χ0n) is 9.83. The number of aromatic nitrogens is 1. The van der Waals surface area contributed by atoms with Gasteiger partial charge in [-0.05, 0) is 12.0 Å². The molecule has 0 saturated carbocycles. The fourth-order valence-electron chi connectivity index (χ4n) is 1.21. The lowest BCUT2D eigenvalue weighted by Crippen LogP contribution is -1.98. The lowest BCUT2D eigenvalue weighted by atomic mass is 10.2. The molecule has 0 amide bonds. The number of anilines is 1. The summed E-state index contributed by atoms with van der Waals surface area (Å²) >= 11 is 1.24. The van der Waals surface area contributed by atoms with E-state index in [9.17, 15) is 14.9 Å². The standard InChI is InChI=1S/C11H13N3O3S/c1-8(15)18-5-3-2-4-9-6-10(14(16)17)11(12)13-7-9/h2,4,6-7H,3,5H2,1H3,(H2,12,13). The molecule has 0 unspecified atom stereocenters. The molecule has 0 atom stereocenters. The molecule has 1 heterocycles. The summed E-state index contributed by atoms with van der Waals surface area (Å²) in [5.41, 5.74) is 5.80. The first kappa shape index (κ1) is 14.2. The maximum atomic E-state index is 10.7. The number of nitro groups is 1. The molecular weight excluding hydrogens is 254 g/mol. The minimum absolute atomic E-state index is 0.0770. The highest BCUT2D eigenvalue weighted by Gasteiger charge is 2.12. The van der Waals surface area contributed by atoms with Crippen LogP contribution in [0.2, 0.25) is 0 Å². The number of hydrogen-bond acceptors (Lipinski definition) is 6. The van der Waals surface area contributed by atoms with E-state index in [0.717, 1.165) is 0 Å². The van der Waals surface area contributed by atoms with Gasteiger partial charge in [0.2, 0.25) is 5.82 Å². The topological polar surface area (TPSA) is 99.1 Å². The molecule has 1 aromatic rings. The van der Waals surface area contributed by atoms with E-state index in [1.165, 1.54) is 30.9 Å². The van der Waals surface area contributed by atoms with E-state index in [1.54, 1.807) is 6.08 Å². The molecule has 0 radical (unpaired) electrons. The van der Waals surface area contributed by atoms with Crippen molar-refractivity contribution in [3.8, 4) is 0 Å². The maximum Gasteiger partial charge on any atom is 0.311 e. The van der Waals surface area contributed by atoms with Crippen LogP contribution in [-0.4, -0.2) is 20.8 Å². The summed E-state index contributed by atoms with van der Waals surface area (Å²) in [4.78, 5) is 24.5. The minimum Gasteiger partial charge on any atom is -0.378 e. The zero-order chi connectivity index (χ0) is 13.5. The van der Waals surface area contributed by atoms with Crippen molar-refractivity contribution in [2.45, 2.75) is 13.3 Å². The van der Waals surface area contributed by atoms with Gasteiger partial charge in [-0.2, -0.15) is 0 Å². The lowest BCUT2D eigenvalue weighted by Gasteiger charge is -1.97. The molecule has 1 rings (SSSR count). The van der Waals surface area contributed by atoms with Gasteiger partial charge in [0, 0.05) is 24.9 Å². The Bertz CT molecular complexity index is 488. The number of rotatable bonds is 5. The fourth-order valence-corrected chi connectivity index (χ4v) is 1.75. The average Bonchev–Trinajstić information content (AvgIpc) is 2.30. The van der Waals surface area contributed by atoms with Gasteiger partial charge in [0.1, 0.15) is 0 Å². The van der Waals surface area contributed by atoms with Crippen molar-refractivity contribution in [3.63, 3.8) is 0 Å². The molecule has 0 aromatic carbocycles. The predicted octanol–water partition coefficient (Wildman–Crippen LogP) is 2.25. The molecule has 0 aliphatic heterocycles. The number of thioether (sulfide) groups is 1. The van der Waals surface area contributed by atoms with Crippen molar-refractivity contribution in [2.24, 2.45) is 0 Å². The summed E-state index contributed by atoms with van der Waals surface area (Å²) in [6, 6.07) is 1.37. The molecule has 6 nitrogen and oxygen atoms in total. The van der Waals surface area contributed by atoms with Crippen molar-refractivity contribution < 1.29 is 9.72 Å². The number of pyridine rings is 1. The van der Waals surface area contributed by atoms with E-state index >= 15 is 0 Å². The normalized spacial score (nSPS) is 10.7. The SMILES string of the molecule is CC(=O)SCCC=Cc1cnc(N)c([N+](=O)[O-])c1. The molecule has 2 N–H and O–H groups in total. The van der Waals surface area contributed by atoms with E-state index < -0.39 is 4.92 Å². The first-order valence-electron chi connectivity index (χ1n) is 5.20. The third-order valence-electron chi connectivity index (χ3n) is 2.02. The van der Waals surface area contributed by atoms with Crippen LogP contribution >= 0.6 is 11.8 Å². The number of carbonyl (C=O) groups excluding carboxylic acids is 1. The van der Waals surface area contributed by atoms with Crippen LogP contribution in [-0.2, 0) is 4.79 Å². The van der Waals surface area contributed by atoms with Gasteiger partial charge in [-0.15, -0.1) is 0 Å². The van der Waals surface area contributed by atoms with Crippen molar-refractivity contribution in [2.75, 3.05) is 11.5 Å². The smallest absolute Gasteiger partial charge is 0.311 e. The Labute approximate surface area is 108 Å². The quantitative estimate of drug-likeness (QED) is 0.499. The van der Waals surface area contributed by atoms with E-state index in [2.05, 4.69) is 4.98 Å². The summed E-state index contributed by atoms with van der Waals surface area (Å²) in [5, 5.41) is 10.7. The van der Waals surface area contributed by atoms with Crippen LogP contribution in [0.5, 0.6) is 0 Å². The van der Waals surface area contributed by atoms with Crippen molar-refractivity contribution >= 4 is 34.5 Å². The van der Waals surface area contributed by atoms with Crippen LogP contribution in [0.3, 0.4) is 0 Å². The summed E-state index contributed by atoms with van der Waals surface area (Å²) in [6.45, 7) is 1.52. The van der Waals surface area contributed by atoms with Gasteiger partial charge in [0.25, 0.3) is 0 Å². The summed E-state index contributed by atoms with van der Waals surface area (Å²) in [5.74, 6) is 0.598. The highest BCUT2D eigenvalue weighted by atomic mass is 32.2. The number of nitrogens with zero attached hydrogens (tertiary/aromatic N) is 2. The summed E-state index contributed by atoms with van der Waals surface area (Å²) < 4.78 is 0. The maximum absolute atomic E-state index is 10.7. The van der Waals surface area contributed by atoms with Gasteiger partial charge in [-0.1, -0.05) is 23.9 Å². The number of carbonyl (C=O) groups is 1. The molecule has 0 spiro atoms.